The number of H-pyrrole nitrogens is 1. The van der Waals surface area contributed by atoms with E-state index >= 15 is 0 Å². The van der Waals surface area contributed by atoms with Crippen LogP contribution in [0.3, 0.4) is 0 Å². The summed E-state index contributed by atoms with van der Waals surface area (Å²) in [5.41, 5.74) is 1.18. The van der Waals surface area contributed by atoms with Crippen LogP contribution in [-0.2, 0) is 11.3 Å². The highest BCUT2D eigenvalue weighted by molar-refractivity contribution is 7.17. The minimum atomic E-state index is 0.0369. The number of thiophene rings is 1. The molecule has 0 bridgehead atoms. The van der Waals surface area contributed by atoms with Gasteiger partial charge in [0.25, 0.3) is 0 Å². The van der Waals surface area contributed by atoms with Gasteiger partial charge in [-0.2, -0.15) is 5.10 Å². The molecule has 4 heterocycles. The molecule has 1 fully saturated rings. The summed E-state index contributed by atoms with van der Waals surface area (Å²) in [6.45, 7) is 3.40. The number of rotatable bonds is 4. The third kappa shape index (κ3) is 2.44. The monoisotopic (exact) mass is 316 g/mol. The van der Waals surface area contributed by atoms with E-state index in [1.807, 2.05) is 0 Å². The van der Waals surface area contributed by atoms with E-state index in [0.29, 0.717) is 6.54 Å². The molecule has 0 aromatic carbocycles. The van der Waals surface area contributed by atoms with Crippen molar-refractivity contribution in [2.24, 2.45) is 0 Å². The predicted molar refractivity (Wildman–Crippen MR) is 83.8 cm³/mol. The van der Waals surface area contributed by atoms with Crippen molar-refractivity contribution in [3.05, 3.63) is 28.9 Å². The van der Waals surface area contributed by atoms with Gasteiger partial charge in [0.05, 0.1) is 11.9 Å². The van der Waals surface area contributed by atoms with Crippen molar-refractivity contribution in [3.63, 3.8) is 0 Å². The molecule has 3 aromatic rings. The lowest BCUT2D eigenvalue weighted by Gasteiger charge is -2.05. The van der Waals surface area contributed by atoms with Crippen LogP contribution >= 0.6 is 11.3 Å². The van der Waals surface area contributed by atoms with E-state index < -0.39 is 0 Å². The van der Waals surface area contributed by atoms with Crippen molar-refractivity contribution in [2.45, 2.75) is 32.4 Å². The molecule has 1 atom stereocenters. The van der Waals surface area contributed by atoms with Gasteiger partial charge < -0.3 is 10.1 Å². The van der Waals surface area contributed by atoms with Crippen LogP contribution in [0.4, 0.5) is 5.82 Å². The molecule has 1 aliphatic rings. The molecule has 3 aromatic heterocycles. The van der Waals surface area contributed by atoms with Crippen molar-refractivity contribution >= 4 is 27.4 Å². The highest BCUT2D eigenvalue weighted by atomic mass is 32.1. The summed E-state index contributed by atoms with van der Waals surface area (Å²) < 4.78 is 5.59. The fourth-order valence-corrected chi connectivity index (χ4v) is 3.52. The Morgan fingerprint density at radius 1 is 1.45 bits per heavy atom. The van der Waals surface area contributed by atoms with Gasteiger partial charge in [-0.25, -0.2) is 15.0 Å². The molecular weight excluding hydrogens is 300 g/mol. The Morgan fingerprint density at radius 2 is 2.41 bits per heavy atom. The van der Waals surface area contributed by atoms with Crippen molar-refractivity contribution in [1.29, 1.82) is 0 Å². The molecule has 2 N–H and O–H groups in total. The second-order valence-electron chi connectivity index (χ2n) is 5.32. The number of anilines is 1. The molecule has 22 heavy (non-hydrogen) atoms. The van der Waals surface area contributed by atoms with Crippen molar-refractivity contribution in [1.82, 2.24) is 25.1 Å². The van der Waals surface area contributed by atoms with E-state index in [1.165, 1.54) is 5.56 Å². The number of fused-ring (bicyclic) bond motifs is 1. The number of ether oxygens (including phenoxy) is 1. The molecular formula is C14H16N6OS. The smallest absolute Gasteiger partial charge is 0.179 e. The van der Waals surface area contributed by atoms with Crippen LogP contribution in [0.2, 0.25) is 0 Å². The standard InChI is InChI=1S/C14H16N6OS/c1-8-6-22-14-11(8)13(16-7-17-14)15-5-10-18-12(20-19-10)9-3-2-4-21-9/h6-7,9H,2-5H2,1H3,(H,15,16,17)(H,18,19,20). The molecule has 1 unspecified atom stereocenters. The van der Waals surface area contributed by atoms with E-state index in [-0.39, 0.29) is 6.10 Å². The Bertz CT molecular complexity index is 792. The van der Waals surface area contributed by atoms with Crippen LogP contribution in [-0.4, -0.2) is 31.8 Å². The van der Waals surface area contributed by atoms with Gasteiger partial charge in [-0.05, 0) is 30.7 Å². The lowest BCUT2D eigenvalue weighted by Crippen LogP contribution is -2.04. The average Bonchev–Trinajstić information content (AvgIpc) is 3.26. The van der Waals surface area contributed by atoms with Crippen LogP contribution < -0.4 is 5.32 Å². The summed E-state index contributed by atoms with van der Waals surface area (Å²) in [5, 5.41) is 13.7. The molecule has 0 amide bonds. The van der Waals surface area contributed by atoms with Crippen LogP contribution in [0.25, 0.3) is 10.2 Å². The third-order valence-electron chi connectivity index (χ3n) is 3.74. The molecule has 114 valence electrons. The van der Waals surface area contributed by atoms with E-state index in [0.717, 1.165) is 47.1 Å². The number of nitrogens with zero attached hydrogens (tertiary/aromatic N) is 4. The minimum Gasteiger partial charge on any atom is -0.370 e. The van der Waals surface area contributed by atoms with Crippen LogP contribution in [0.1, 0.15) is 36.2 Å². The summed E-state index contributed by atoms with van der Waals surface area (Å²) in [7, 11) is 0. The number of aromatic nitrogens is 5. The molecule has 0 spiro atoms. The Kier molecular flexibility index (Phi) is 3.47. The number of nitrogens with one attached hydrogen (secondary N) is 2. The van der Waals surface area contributed by atoms with E-state index in [1.54, 1.807) is 17.7 Å². The lowest BCUT2D eigenvalue weighted by molar-refractivity contribution is 0.105. The fourth-order valence-electron chi connectivity index (χ4n) is 2.63. The number of hydrogen-bond acceptors (Lipinski definition) is 7. The summed E-state index contributed by atoms with van der Waals surface area (Å²) in [6.07, 6.45) is 3.68. The Balaban J connectivity index is 1.51. The molecule has 0 saturated carbocycles. The quantitative estimate of drug-likeness (QED) is 0.769. The van der Waals surface area contributed by atoms with Gasteiger partial charge in [0.15, 0.2) is 5.82 Å². The van der Waals surface area contributed by atoms with Crippen LogP contribution in [0, 0.1) is 6.92 Å². The van der Waals surface area contributed by atoms with E-state index in [2.05, 4.69) is 42.8 Å². The maximum absolute atomic E-state index is 5.59. The topological polar surface area (TPSA) is 88.6 Å². The zero-order valence-corrected chi connectivity index (χ0v) is 13.0. The molecule has 0 radical (unpaired) electrons. The van der Waals surface area contributed by atoms with Crippen molar-refractivity contribution in [3.8, 4) is 0 Å². The zero-order chi connectivity index (χ0) is 14.9. The lowest BCUT2D eigenvalue weighted by atomic mass is 10.2. The Morgan fingerprint density at radius 3 is 3.27 bits per heavy atom. The number of hydrogen-bond donors (Lipinski definition) is 2. The van der Waals surface area contributed by atoms with Gasteiger partial charge in [-0.3, -0.25) is 5.10 Å². The molecule has 8 heteroatoms. The van der Waals surface area contributed by atoms with Crippen LogP contribution in [0.15, 0.2) is 11.7 Å². The molecule has 1 aliphatic heterocycles. The van der Waals surface area contributed by atoms with Gasteiger partial charge >= 0.3 is 0 Å². The van der Waals surface area contributed by atoms with Gasteiger partial charge in [0, 0.05) is 6.61 Å². The summed E-state index contributed by atoms with van der Waals surface area (Å²) in [4.78, 5) is 14.1. The first-order valence-electron chi connectivity index (χ1n) is 7.26. The minimum absolute atomic E-state index is 0.0369. The second-order valence-corrected chi connectivity index (χ2v) is 6.17. The normalized spacial score (nSPS) is 18.1. The van der Waals surface area contributed by atoms with Crippen LogP contribution in [0.5, 0.6) is 0 Å². The van der Waals surface area contributed by atoms with E-state index in [9.17, 15) is 0 Å². The molecule has 0 aliphatic carbocycles. The first-order valence-corrected chi connectivity index (χ1v) is 8.14. The maximum atomic E-state index is 5.59. The summed E-state index contributed by atoms with van der Waals surface area (Å²) in [5.74, 6) is 2.36. The highest BCUT2D eigenvalue weighted by Crippen LogP contribution is 2.29. The SMILES string of the molecule is Cc1csc2ncnc(NCc3nc(C4CCCO4)n[nH]3)c12. The van der Waals surface area contributed by atoms with E-state index in [4.69, 9.17) is 4.74 Å². The first-order chi connectivity index (χ1) is 10.8. The van der Waals surface area contributed by atoms with Crippen molar-refractivity contribution < 1.29 is 4.74 Å². The zero-order valence-electron chi connectivity index (χ0n) is 12.2. The van der Waals surface area contributed by atoms with Gasteiger partial charge in [-0.1, -0.05) is 0 Å². The van der Waals surface area contributed by atoms with Gasteiger partial charge in [-0.15, -0.1) is 11.3 Å². The molecule has 4 rings (SSSR count). The maximum Gasteiger partial charge on any atom is 0.179 e. The van der Waals surface area contributed by atoms with Crippen molar-refractivity contribution in [2.75, 3.05) is 11.9 Å². The predicted octanol–water partition coefficient (Wildman–Crippen LogP) is 2.58. The molecule has 7 nitrogen and oxygen atoms in total. The van der Waals surface area contributed by atoms with Gasteiger partial charge in [0.2, 0.25) is 0 Å². The first kappa shape index (κ1) is 13.6. The number of aryl methyl sites for hydroxylation is 1. The average molecular weight is 316 g/mol. The number of aromatic amines is 1. The summed E-state index contributed by atoms with van der Waals surface area (Å²) >= 11 is 1.63. The Labute approximate surface area is 131 Å². The fraction of sp³-hybridized carbons (Fsp3) is 0.429. The largest absolute Gasteiger partial charge is 0.370 e. The Hall–Kier alpha value is -2.06. The molecule has 1 saturated heterocycles. The summed E-state index contributed by atoms with van der Waals surface area (Å²) in [6, 6.07) is 0. The second kappa shape index (κ2) is 5.62. The highest BCUT2D eigenvalue weighted by Gasteiger charge is 2.21. The van der Waals surface area contributed by atoms with Gasteiger partial charge in [0.1, 0.15) is 28.9 Å². The third-order valence-corrected chi connectivity index (χ3v) is 4.75.